The third-order valence-electron chi connectivity index (χ3n) is 5.04. The summed E-state index contributed by atoms with van der Waals surface area (Å²) >= 11 is 0. The van der Waals surface area contributed by atoms with E-state index >= 15 is 0 Å². The molecule has 27 heavy (non-hydrogen) atoms. The summed E-state index contributed by atoms with van der Waals surface area (Å²) in [6.45, 7) is 2.25. The van der Waals surface area contributed by atoms with E-state index in [1.54, 1.807) is 0 Å². The van der Waals surface area contributed by atoms with Gasteiger partial charge >= 0.3 is 0 Å². The lowest BCUT2D eigenvalue weighted by molar-refractivity contribution is 0.300. The highest BCUT2D eigenvalue weighted by Crippen LogP contribution is 2.23. The summed E-state index contributed by atoms with van der Waals surface area (Å²) < 4.78 is 1.97. The topological polar surface area (TPSA) is 61.4 Å². The quantitative estimate of drug-likeness (QED) is 0.394. The van der Waals surface area contributed by atoms with Gasteiger partial charge in [0.2, 0.25) is 0 Å². The van der Waals surface area contributed by atoms with Gasteiger partial charge in [-0.3, -0.25) is 0 Å². The van der Waals surface area contributed by atoms with Gasteiger partial charge in [0.1, 0.15) is 16.6 Å². The predicted octanol–water partition coefficient (Wildman–Crippen LogP) is 4.97. The molecule has 2 aromatic heterocycles. The molecule has 0 bridgehead atoms. The van der Waals surface area contributed by atoms with Crippen molar-refractivity contribution in [2.75, 3.05) is 0 Å². The molecule has 0 aliphatic heterocycles. The second-order valence-corrected chi connectivity index (χ2v) is 7.07. The van der Waals surface area contributed by atoms with Crippen LogP contribution in [0.2, 0.25) is 0 Å². The van der Waals surface area contributed by atoms with Crippen LogP contribution in [0.15, 0.2) is 48.5 Å². The zero-order valence-corrected chi connectivity index (χ0v) is 15.8. The number of para-hydroxylation sites is 1. The van der Waals surface area contributed by atoms with E-state index in [2.05, 4.69) is 23.3 Å². The maximum absolute atomic E-state index is 4.72. The molecule has 2 heterocycles. The van der Waals surface area contributed by atoms with Crippen molar-refractivity contribution in [3.05, 3.63) is 48.5 Å². The lowest BCUT2D eigenvalue weighted by atomic mass is 10.1. The molecule has 6 nitrogen and oxygen atoms in total. The fraction of sp³-hybridized carbons (Fsp3) is 0.429. The maximum Gasteiger partial charge on any atom is 0.165 e. The van der Waals surface area contributed by atoms with Gasteiger partial charge < -0.3 is 0 Å². The number of nitrogens with zero attached hydrogens (tertiary/aromatic N) is 6. The van der Waals surface area contributed by atoms with Gasteiger partial charge in [-0.15, -0.1) is 5.10 Å². The van der Waals surface area contributed by atoms with E-state index in [1.807, 2.05) is 51.9 Å². The van der Waals surface area contributed by atoms with Crippen LogP contribution >= 0.6 is 0 Å². The van der Waals surface area contributed by atoms with E-state index in [9.17, 15) is 0 Å². The molecule has 0 saturated heterocycles. The van der Waals surface area contributed by atoms with Crippen molar-refractivity contribution in [2.24, 2.45) is 0 Å². The van der Waals surface area contributed by atoms with Gasteiger partial charge in [-0.05, 0) is 37.1 Å². The predicted molar refractivity (Wildman–Crippen MR) is 107 cm³/mol. The number of hydrogen-bond donors (Lipinski definition) is 0. The highest BCUT2D eigenvalue weighted by Gasteiger charge is 2.20. The van der Waals surface area contributed by atoms with Crippen molar-refractivity contribution in [3.8, 4) is 0 Å². The Hall–Kier alpha value is -2.76. The summed E-state index contributed by atoms with van der Waals surface area (Å²) in [4.78, 5) is 1.82. The smallest absolute Gasteiger partial charge is 0.165 e. The van der Waals surface area contributed by atoms with Crippen LogP contribution in [-0.4, -0.2) is 30.0 Å². The molecule has 0 aliphatic carbocycles. The Balaban J connectivity index is 1.60. The number of rotatable bonds is 9. The lowest BCUT2D eigenvalue weighted by Crippen LogP contribution is -2.22. The molecular formula is C21H26N6. The van der Waals surface area contributed by atoms with Crippen LogP contribution in [0.3, 0.4) is 0 Å². The van der Waals surface area contributed by atoms with Gasteiger partial charge in [-0.1, -0.05) is 68.5 Å². The second kappa shape index (κ2) is 8.29. The Morgan fingerprint density at radius 3 is 2.15 bits per heavy atom. The van der Waals surface area contributed by atoms with Crippen molar-refractivity contribution in [1.29, 1.82) is 0 Å². The van der Waals surface area contributed by atoms with E-state index < -0.39 is 0 Å². The molecule has 0 amide bonds. The molecule has 0 saturated carbocycles. The summed E-state index contributed by atoms with van der Waals surface area (Å²) in [5, 5.41) is 18.2. The minimum atomic E-state index is -0.0593. The van der Waals surface area contributed by atoms with Crippen LogP contribution in [-0.2, 0) is 0 Å². The molecule has 4 rings (SSSR count). The van der Waals surface area contributed by atoms with Gasteiger partial charge in [0.15, 0.2) is 6.17 Å². The number of aromatic nitrogens is 6. The molecule has 0 fully saturated rings. The zero-order valence-electron chi connectivity index (χ0n) is 15.8. The molecule has 0 spiro atoms. The monoisotopic (exact) mass is 362 g/mol. The van der Waals surface area contributed by atoms with E-state index in [-0.39, 0.29) is 6.17 Å². The molecule has 6 heteroatoms. The Kier molecular flexibility index (Phi) is 5.42. The molecule has 4 aromatic rings. The molecule has 0 N–H and O–H groups in total. The fourth-order valence-corrected chi connectivity index (χ4v) is 3.56. The first-order chi connectivity index (χ1) is 13.4. The minimum absolute atomic E-state index is 0.0593. The summed E-state index contributed by atoms with van der Waals surface area (Å²) in [6.07, 6.45) is 8.44. The number of benzene rings is 2. The average Bonchev–Trinajstić information content (AvgIpc) is 3.32. The Morgan fingerprint density at radius 1 is 0.778 bits per heavy atom. The van der Waals surface area contributed by atoms with Crippen LogP contribution in [0.1, 0.15) is 58.0 Å². The van der Waals surface area contributed by atoms with Gasteiger partial charge in [-0.2, -0.15) is 15.0 Å². The van der Waals surface area contributed by atoms with Crippen molar-refractivity contribution in [1.82, 2.24) is 30.0 Å². The Morgan fingerprint density at radius 2 is 1.41 bits per heavy atom. The largest absolute Gasteiger partial charge is 0.218 e. The lowest BCUT2D eigenvalue weighted by Gasteiger charge is -2.17. The third kappa shape index (κ3) is 3.84. The summed E-state index contributed by atoms with van der Waals surface area (Å²) in [7, 11) is 0. The SMILES string of the molecule is CCCCCCCCC(n1nc2ccccc2n1)n1nnc2ccccc21. The van der Waals surface area contributed by atoms with Crippen molar-refractivity contribution in [2.45, 2.75) is 58.0 Å². The fourth-order valence-electron chi connectivity index (χ4n) is 3.56. The van der Waals surface area contributed by atoms with E-state index in [0.717, 1.165) is 34.9 Å². The normalized spacial score (nSPS) is 12.8. The van der Waals surface area contributed by atoms with Crippen LogP contribution in [0.5, 0.6) is 0 Å². The van der Waals surface area contributed by atoms with Crippen molar-refractivity contribution in [3.63, 3.8) is 0 Å². The van der Waals surface area contributed by atoms with E-state index in [0.29, 0.717) is 0 Å². The van der Waals surface area contributed by atoms with E-state index in [4.69, 9.17) is 10.2 Å². The third-order valence-corrected chi connectivity index (χ3v) is 5.04. The highest BCUT2D eigenvalue weighted by molar-refractivity contribution is 5.74. The first kappa shape index (κ1) is 17.6. The first-order valence-corrected chi connectivity index (χ1v) is 9.98. The van der Waals surface area contributed by atoms with Crippen LogP contribution in [0.4, 0.5) is 0 Å². The highest BCUT2D eigenvalue weighted by atomic mass is 15.6. The number of hydrogen-bond acceptors (Lipinski definition) is 4. The van der Waals surface area contributed by atoms with Crippen LogP contribution in [0.25, 0.3) is 22.1 Å². The van der Waals surface area contributed by atoms with Crippen molar-refractivity contribution < 1.29 is 0 Å². The second-order valence-electron chi connectivity index (χ2n) is 7.07. The number of fused-ring (bicyclic) bond motifs is 2. The molecule has 140 valence electrons. The van der Waals surface area contributed by atoms with Crippen LogP contribution in [0, 0.1) is 0 Å². The average molecular weight is 362 g/mol. The standard InChI is InChI=1S/C21H26N6/c1-2-3-4-5-6-7-16-21(26-20-15-11-10-14-19(20)22-25-26)27-23-17-12-8-9-13-18(17)24-27/h8-15,21H,2-7,16H2,1H3. The molecular weight excluding hydrogens is 336 g/mol. The van der Waals surface area contributed by atoms with Gasteiger partial charge in [0.05, 0.1) is 5.52 Å². The molecule has 2 aromatic carbocycles. The number of unbranched alkanes of at least 4 members (excludes halogenated alkanes) is 5. The Labute approximate surface area is 159 Å². The molecule has 0 aliphatic rings. The summed E-state index contributed by atoms with van der Waals surface area (Å²) in [6, 6.07) is 16.1. The molecule has 1 unspecified atom stereocenters. The first-order valence-electron chi connectivity index (χ1n) is 9.98. The van der Waals surface area contributed by atoms with Gasteiger partial charge in [0, 0.05) is 0 Å². The molecule has 0 radical (unpaired) electrons. The summed E-state index contributed by atoms with van der Waals surface area (Å²) in [5.74, 6) is 0. The Bertz CT molecular complexity index is 969. The van der Waals surface area contributed by atoms with Gasteiger partial charge in [-0.25, -0.2) is 4.68 Å². The minimum Gasteiger partial charge on any atom is -0.218 e. The molecule has 1 atom stereocenters. The zero-order chi connectivity index (χ0) is 18.5. The maximum atomic E-state index is 4.72. The van der Waals surface area contributed by atoms with Crippen LogP contribution < -0.4 is 0 Å². The van der Waals surface area contributed by atoms with Gasteiger partial charge in [0.25, 0.3) is 0 Å². The van der Waals surface area contributed by atoms with Crippen molar-refractivity contribution >= 4 is 22.1 Å². The van der Waals surface area contributed by atoms with E-state index in [1.165, 1.54) is 32.1 Å². The summed E-state index contributed by atoms with van der Waals surface area (Å²) in [5.41, 5.74) is 3.75.